The molecule has 12 heteroatoms. The number of nitrogens with one attached hydrogen (secondary N) is 2. The van der Waals surface area contributed by atoms with Crippen molar-refractivity contribution in [2.75, 3.05) is 20.3 Å². The van der Waals surface area contributed by atoms with Crippen molar-refractivity contribution in [2.45, 2.75) is 6.92 Å². The summed E-state index contributed by atoms with van der Waals surface area (Å²) in [6, 6.07) is 3.16. The molecule has 2 rings (SSSR count). The smallest absolute Gasteiger partial charge is 0.357 e. The number of carbonyl (C=O) groups is 1. The van der Waals surface area contributed by atoms with E-state index in [0.29, 0.717) is 22.4 Å². The maximum atomic E-state index is 11.7. The van der Waals surface area contributed by atoms with Crippen molar-refractivity contribution < 1.29 is 23.9 Å². The van der Waals surface area contributed by atoms with Crippen LogP contribution in [-0.4, -0.2) is 41.2 Å². The molecule has 0 aliphatic carbocycles. The second kappa shape index (κ2) is 9.68. The van der Waals surface area contributed by atoms with Crippen LogP contribution in [0, 0.1) is 10.1 Å². The summed E-state index contributed by atoms with van der Waals surface area (Å²) in [6.45, 7) is 1.73. The number of aromatic nitrogens is 2. The van der Waals surface area contributed by atoms with Gasteiger partial charge in [0.1, 0.15) is 5.69 Å². The normalized spacial score (nSPS) is 10.7. The second-order valence-corrected chi connectivity index (χ2v) is 6.24. The van der Waals surface area contributed by atoms with E-state index in [1.807, 2.05) is 0 Å². The Bertz CT molecular complexity index is 1070. The Kier molecular flexibility index (Phi) is 7.31. The van der Waals surface area contributed by atoms with Gasteiger partial charge in [0.15, 0.2) is 18.1 Å². The Morgan fingerprint density at radius 2 is 1.97 bits per heavy atom. The number of nitro groups is 1. The standard InChI is InChI=1S/C17H16BrN3O8/c1-3-28-12-7-9(6-10(18)15(12)29-8-13(22)27-2)4-5-11-14(21(25)26)16(23)20-17(24)19-11/h4-7H,3,8H2,1-2H3,(H2,19,20,23,24). The predicted octanol–water partition coefficient (Wildman–Crippen LogP) is 1.85. The lowest BCUT2D eigenvalue weighted by Crippen LogP contribution is -2.25. The largest absolute Gasteiger partial charge is 0.490 e. The van der Waals surface area contributed by atoms with E-state index < -0.39 is 27.8 Å². The molecule has 0 saturated carbocycles. The molecule has 1 heterocycles. The topological polar surface area (TPSA) is 154 Å². The minimum absolute atomic E-state index is 0.260. The van der Waals surface area contributed by atoms with Crippen LogP contribution in [0.4, 0.5) is 5.69 Å². The fraction of sp³-hybridized carbons (Fsp3) is 0.235. The summed E-state index contributed by atoms with van der Waals surface area (Å²) in [6.07, 6.45) is 2.66. The van der Waals surface area contributed by atoms with Crippen molar-refractivity contribution in [1.29, 1.82) is 0 Å². The molecule has 0 saturated heterocycles. The Hall–Kier alpha value is -3.41. The quantitative estimate of drug-likeness (QED) is 0.337. The van der Waals surface area contributed by atoms with Gasteiger partial charge in [-0.25, -0.2) is 9.59 Å². The van der Waals surface area contributed by atoms with Crippen LogP contribution in [0.5, 0.6) is 11.5 Å². The molecule has 0 aliphatic heterocycles. The number of hydrogen-bond donors (Lipinski definition) is 2. The van der Waals surface area contributed by atoms with Crippen LogP contribution < -0.4 is 20.7 Å². The number of aromatic amines is 2. The summed E-state index contributed by atoms with van der Waals surface area (Å²) in [7, 11) is 1.23. The number of esters is 1. The van der Waals surface area contributed by atoms with Crippen LogP contribution in [0.2, 0.25) is 0 Å². The van der Waals surface area contributed by atoms with Crippen molar-refractivity contribution in [1.82, 2.24) is 9.97 Å². The molecule has 0 unspecified atom stereocenters. The molecule has 0 amide bonds. The summed E-state index contributed by atoms with van der Waals surface area (Å²) < 4.78 is 15.9. The van der Waals surface area contributed by atoms with Crippen molar-refractivity contribution in [3.8, 4) is 11.5 Å². The number of nitrogens with zero attached hydrogens (tertiary/aromatic N) is 1. The molecule has 29 heavy (non-hydrogen) atoms. The van der Waals surface area contributed by atoms with Gasteiger partial charge < -0.3 is 19.2 Å². The molecule has 2 N–H and O–H groups in total. The summed E-state index contributed by atoms with van der Waals surface area (Å²) in [5.41, 5.74) is -2.52. The maximum absolute atomic E-state index is 11.7. The zero-order valence-electron chi connectivity index (χ0n) is 15.3. The maximum Gasteiger partial charge on any atom is 0.357 e. The molecule has 2 aromatic rings. The molecule has 1 aromatic carbocycles. The molecule has 154 valence electrons. The first-order valence-corrected chi connectivity index (χ1v) is 8.91. The van der Waals surface area contributed by atoms with E-state index in [9.17, 15) is 24.5 Å². The number of carbonyl (C=O) groups excluding carboxylic acids is 1. The Morgan fingerprint density at radius 3 is 2.59 bits per heavy atom. The molecule has 0 fully saturated rings. The first-order valence-electron chi connectivity index (χ1n) is 8.11. The third kappa shape index (κ3) is 5.54. The van der Waals surface area contributed by atoms with Crippen LogP contribution in [0.15, 0.2) is 26.2 Å². The Labute approximate surface area is 171 Å². The van der Waals surface area contributed by atoms with Crippen LogP contribution in [-0.2, 0) is 9.53 Å². The molecule has 0 atom stereocenters. The third-order valence-corrected chi connectivity index (χ3v) is 4.05. The number of rotatable bonds is 8. The number of ether oxygens (including phenoxy) is 3. The van der Waals surface area contributed by atoms with Crippen LogP contribution >= 0.6 is 15.9 Å². The Balaban J connectivity index is 2.44. The molecular weight excluding hydrogens is 454 g/mol. The van der Waals surface area contributed by atoms with E-state index in [1.54, 1.807) is 24.0 Å². The van der Waals surface area contributed by atoms with Crippen molar-refractivity contribution in [2.24, 2.45) is 0 Å². The average molecular weight is 470 g/mol. The molecular formula is C17H16BrN3O8. The van der Waals surface area contributed by atoms with E-state index in [4.69, 9.17) is 9.47 Å². The van der Waals surface area contributed by atoms with E-state index in [-0.39, 0.29) is 18.1 Å². The SMILES string of the molecule is CCOc1cc(C=Cc2[nH]c(=O)[nH]c(=O)c2[N+](=O)[O-])cc(Br)c1OCC(=O)OC. The van der Waals surface area contributed by atoms with Gasteiger partial charge in [0.25, 0.3) is 0 Å². The molecule has 0 aliphatic rings. The third-order valence-electron chi connectivity index (χ3n) is 3.46. The van der Waals surface area contributed by atoms with Crippen molar-refractivity contribution >= 4 is 39.7 Å². The zero-order valence-corrected chi connectivity index (χ0v) is 16.9. The number of hydrogen-bond acceptors (Lipinski definition) is 8. The van der Waals surface area contributed by atoms with Gasteiger partial charge >= 0.3 is 22.9 Å². The number of methoxy groups -OCH3 is 1. The first-order chi connectivity index (χ1) is 13.8. The highest BCUT2D eigenvalue weighted by Crippen LogP contribution is 2.37. The fourth-order valence-corrected chi connectivity index (χ4v) is 2.83. The van der Waals surface area contributed by atoms with E-state index in [2.05, 4.69) is 25.7 Å². The van der Waals surface area contributed by atoms with E-state index in [1.165, 1.54) is 19.3 Å². The summed E-state index contributed by atoms with van der Waals surface area (Å²) in [4.78, 5) is 48.6. The molecule has 0 radical (unpaired) electrons. The van der Waals surface area contributed by atoms with E-state index >= 15 is 0 Å². The number of halogens is 1. The number of benzene rings is 1. The van der Waals surface area contributed by atoms with Crippen molar-refractivity contribution in [3.05, 3.63) is 58.8 Å². The molecule has 11 nitrogen and oxygen atoms in total. The average Bonchev–Trinajstić information content (AvgIpc) is 2.64. The lowest BCUT2D eigenvalue weighted by molar-refractivity contribution is -0.386. The second-order valence-electron chi connectivity index (χ2n) is 5.39. The van der Waals surface area contributed by atoms with Crippen LogP contribution in [0.1, 0.15) is 18.2 Å². The Morgan fingerprint density at radius 1 is 1.24 bits per heavy atom. The lowest BCUT2D eigenvalue weighted by Gasteiger charge is -2.14. The zero-order chi connectivity index (χ0) is 21.6. The van der Waals surface area contributed by atoms with Gasteiger partial charge in [-0.3, -0.25) is 19.9 Å². The molecule has 0 bridgehead atoms. The number of H-pyrrole nitrogens is 2. The van der Waals surface area contributed by atoms with Gasteiger partial charge in [0.05, 0.1) is 23.1 Å². The van der Waals surface area contributed by atoms with Gasteiger partial charge in [0.2, 0.25) is 0 Å². The summed E-state index contributed by atoms with van der Waals surface area (Å²) in [5, 5.41) is 11.1. The van der Waals surface area contributed by atoms with Crippen molar-refractivity contribution in [3.63, 3.8) is 0 Å². The van der Waals surface area contributed by atoms with Crippen LogP contribution in [0.3, 0.4) is 0 Å². The van der Waals surface area contributed by atoms with E-state index in [0.717, 1.165) is 0 Å². The highest BCUT2D eigenvalue weighted by Gasteiger charge is 2.19. The lowest BCUT2D eigenvalue weighted by atomic mass is 10.1. The minimum atomic E-state index is -1.11. The fourth-order valence-electron chi connectivity index (χ4n) is 2.26. The highest BCUT2D eigenvalue weighted by molar-refractivity contribution is 9.10. The van der Waals surface area contributed by atoms with Gasteiger partial charge in [-0.05, 0) is 46.6 Å². The minimum Gasteiger partial charge on any atom is -0.490 e. The molecule has 1 aromatic heterocycles. The highest BCUT2D eigenvalue weighted by atomic mass is 79.9. The monoisotopic (exact) mass is 469 g/mol. The summed E-state index contributed by atoms with van der Waals surface area (Å²) in [5.74, 6) is -0.00171. The molecule has 0 spiro atoms. The first kappa shape index (κ1) is 21.9. The van der Waals surface area contributed by atoms with Gasteiger partial charge in [-0.1, -0.05) is 6.08 Å². The van der Waals surface area contributed by atoms with Crippen LogP contribution in [0.25, 0.3) is 12.2 Å². The summed E-state index contributed by atoms with van der Waals surface area (Å²) >= 11 is 3.32. The van der Waals surface area contributed by atoms with Gasteiger partial charge in [-0.15, -0.1) is 0 Å². The van der Waals surface area contributed by atoms with Gasteiger partial charge in [0, 0.05) is 0 Å². The predicted molar refractivity (Wildman–Crippen MR) is 106 cm³/mol. The van der Waals surface area contributed by atoms with Gasteiger partial charge in [-0.2, -0.15) is 0 Å².